The van der Waals surface area contributed by atoms with Crippen molar-refractivity contribution in [2.45, 2.75) is 18.4 Å². The van der Waals surface area contributed by atoms with E-state index in [1.54, 1.807) is 48.5 Å². The van der Waals surface area contributed by atoms with E-state index >= 15 is 0 Å². The number of sulfonamides is 1. The third-order valence-corrected chi connectivity index (χ3v) is 7.66. The highest BCUT2D eigenvalue weighted by molar-refractivity contribution is 9.10. The van der Waals surface area contributed by atoms with Crippen molar-refractivity contribution in [1.29, 1.82) is 0 Å². The summed E-state index contributed by atoms with van der Waals surface area (Å²) >= 11 is 3.32. The molecule has 0 fully saturated rings. The Hall–Kier alpha value is -3.44. The first-order valence-corrected chi connectivity index (χ1v) is 13.5. The van der Waals surface area contributed by atoms with Crippen LogP contribution in [0.5, 0.6) is 23.0 Å². The number of nitrogens with zero attached hydrogens (tertiary/aromatic N) is 1. The van der Waals surface area contributed by atoms with Gasteiger partial charge in [-0.1, -0.05) is 15.9 Å². The number of hydrogen-bond donors (Lipinski definition) is 1. The summed E-state index contributed by atoms with van der Waals surface area (Å²) < 4.78 is 50.4. The van der Waals surface area contributed by atoms with Crippen molar-refractivity contribution in [3.63, 3.8) is 0 Å². The Bertz CT molecular complexity index is 1290. The molecule has 0 saturated carbocycles. The zero-order valence-electron chi connectivity index (χ0n) is 21.0. The van der Waals surface area contributed by atoms with E-state index in [1.165, 1.54) is 33.5 Å². The lowest BCUT2D eigenvalue weighted by Crippen LogP contribution is -2.40. The molecule has 0 heterocycles. The lowest BCUT2D eigenvalue weighted by Gasteiger charge is -2.24. The van der Waals surface area contributed by atoms with Gasteiger partial charge in [0.1, 0.15) is 12.3 Å². The Morgan fingerprint density at radius 1 is 0.919 bits per heavy atom. The fourth-order valence-corrected chi connectivity index (χ4v) is 5.23. The summed E-state index contributed by atoms with van der Waals surface area (Å²) in [6.45, 7) is 2.02. The van der Waals surface area contributed by atoms with Gasteiger partial charge >= 0.3 is 0 Å². The molecule has 0 spiro atoms. The molecule has 198 valence electrons. The Morgan fingerprint density at radius 2 is 1.51 bits per heavy atom. The molecule has 3 rings (SSSR count). The van der Waals surface area contributed by atoms with Crippen LogP contribution in [-0.4, -0.2) is 48.8 Å². The van der Waals surface area contributed by atoms with Crippen LogP contribution < -0.4 is 28.6 Å². The number of carbonyl (C=O) groups is 1. The predicted octanol–water partition coefficient (Wildman–Crippen LogP) is 4.39. The van der Waals surface area contributed by atoms with E-state index in [-0.39, 0.29) is 11.4 Å². The normalized spacial score (nSPS) is 10.9. The number of hydrogen-bond acceptors (Lipinski definition) is 7. The zero-order chi connectivity index (χ0) is 27.0. The summed E-state index contributed by atoms with van der Waals surface area (Å²) in [5.74, 6) is 1.42. The topological polar surface area (TPSA) is 103 Å². The monoisotopic (exact) mass is 592 g/mol. The highest BCUT2D eigenvalue weighted by atomic mass is 79.9. The van der Waals surface area contributed by atoms with E-state index < -0.39 is 22.5 Å². The van der Waals surface area contributed by atoms with Crippen LogP contribution in [0.3, 0.4) is 0 Å². The summed E-state index contributed by atoms with van der Waals surface area (Å²) in [6.07, 6.45) is 0. The fourth-order valence-electron chi connectivity index (χ4n) is 3.55. The van der Waals surface area contributed by atoms with Gasteiger partial charge in [0.15, 0.2) is 11.5 Å². The fraction of sp³-hybridized carbons (Fsp3) is 0.269. The van der Waals surface area contributed by atoms with Crippen molar-refractivity contribution in [2.24, 2.45) is 0 Å². The molecule has 0 aliphatic rings. The Morgan fingerprint density at radius 3 is 2.03 bits per heavy atom. The van der Waals surface area contributed by atoms with E-state index in [0.717, 1.165) is 8.78 Å². The Kier molecular flexibility index (Phi) is 9.65. The molecule has 11 heteroatoms. The average molecular weight is 593 g/mol. The number of nitrogens with one attached hydrogen (secondary N) is 1. The zero-order valence-corrected chi connectivity index (χ0v) is 23.4. The van der Waals surface area contributed by atoms with Gasteiger partial charge in [-0.2, -0.15) is 0 Å². The number of rotatable bonds is 12. The number of benzene rings is 3. The molecule has 0 aliphatic carbocycles. The Labute approximate surface area is 225 Å². The molecule has 0 unspecified atom stereocenters. The number of anilines is 1. The predicted molar refractivity (Wildman–Crippen MR) is 144 cm³/mol. The van der Waals surface area contributed by atoms with Gasteiger partial charge in [-0.15, -0.1) is 0 Å². The van der Waals surface area contributed by atoms with E-state index in [9.17, 15) is 13.2 Å². The lowest BCUT2D eigenvalue weighted by molar-refractivity contribution is -0.119. The van der Waals surface area contributed by atoms with Crippen molar-refractivity contribution in [3.8, 4) is 23.0 Å². The Balaban J connectivity index is 1.86. The molecule has 3 aromatic rings. The van der Waals surface area contributed by atoms with Crippen LogP contribution in [0.4, 0.5) is 5.69 Å². The number of amides is 1. The van der Waals surface area contributed by atoms with E-state index in [4.69, 9.17) is 18.9 Å². The molecule has 1 N–H and O–H groups in total. The number of methoxy groups -OCH3 is 3. The van der Waals surface area contributed by atoms with Gasteiger partial charge in [0.05, 0.1) is 38.5 Å². The first-order valence-electron chi connectivity index (χ1n) is 11.3. The van der Waals surface area contributed by atoms with Crippen LogP contribution >= 0.6 is 15.9 Å². The standard InChI is InChI=1S/C26H29BrN2O7S/c1-5-36-21-10-8-20(9-11-21)29(37(31,32)22-12-6-19(27)7-13-22)17-25(30)28-16-18-14-23(33-2)26(35-4)24(15-18)34-3/h6-15H,5,16-17H2,1-4H3,(H,28,30). The molecule has 0 aliphatic heterocycles. The third kappa shape index (κ3) is 6.86. The molecule has 0 atom stereocenters. The lowest BCUT2D eigenvalue weighted by atomic mass is 10.1. The minimum Gasteiger partial charge on any atom is -0.494 e. The minimum atomic E-state index is -4.05. The van der Waals surface area contributed by atoms with Gasteiger partial charge in [-0.25, -0.2) is 8.42 Å². The molecule has 0 saturated heterocycles. The second kappa shape index (κ2) is 12.7. The van der Waals surface area contributed by atoms with Gasteiger partial charge in [0, 0.05) is 11.0 Å². The SMILES string of the molecule is CCOc1ccc(N(CC(=O)NCc2cc(OC)c(OC)c(OC)c2)S(=O)(=O)c2ccc(Br)cc2)cc1. The maximum Gasteiger partial charge on any atom is 0.264 e. The van der Waals surface area contributed by atoms with Crippen molar-refractivity contribution in [2.75, 3.05) is 38.8 Å². The van der Waals surface area contributed by atoms with Crippen LogP contribution in [0, 0.1) is 0 Å². The summed E-state index contributed by atoms with van der Waals surface area (Å²) in [5.41, 5.74) is 1.01. The van der Waals surface area contributed by atoms with Crippen LogP contribution in [-0.2, 0) is 21.4 Å². The van der Waals surface area contributed by atoms with Crippen LogP contribution in [0.15, 0.2) is 70.0 Å². The van der Waals surface area contributed by atoms with Crippen molar-refractivity contribution < 1.29 is 32.2 Å². The molecule has 3 aromatic carbocycles. The molecule has 1 amide bonds. The maximum atomic E-state index is 13.6. The number of halogens is 1. The molecule has 37 heavy (non-hydrogen) atoms. The second-order valence-corrected chi connectivity index (χ2v) is 10.5. The van der Waals surface area contributed by atoms with Gasteiger partial charge in [-0.3, -0.25) is 9.10 Å². The van der Waals surface area contributed by atoms with E-state index in [1.807, 2.05) is 6.92 Å². The molecular weight excluding hydrogens is 564 g/mol. The maximum absolute atomic E-state index is 13.6. The molecular formula is C26H29BrN2O7S. The molecule has 9 nitrogen and oxygen atoms in total. The van der Waals surface area contributed by atoms with Gasteiger partial charge in [0.25, 0.3) is 10.0 Å². The summed E-state index contributed by atoms with van der Waals surface area (Å²) in [4.78, 5) is 13.1. The highest BCUT2D eigenvalue weighted by Gasteiger charge is 2.27. The smallest absolute Gasteiger partial charge is 0.264 e. The number of ether oxygens (including phenoxy) is 4. The van der Waals surface area contributed by atoms with Crippen LogP contribution in [0.1, 0.15) is 12.5 Å². The molecule has 0 aromatic heterocycles. The quantitative estimate of drug-likeness (QED) is 0.333. The third-order valence-electron chi connectivity index (χ3n) is 5.34. The largest absolute Gasteiger partial charge is 0.494 e. The summed E-state index contributed by atoms with van der Waals surface area (Å²) in [5, 5.41) is 2.77. The van der Waals surface area contributed by atoms with Gasteiger partial charge < -0.3 is 24.3 Å². The summed E-state index contributed by atoms with van der Waals surface area (Å²) in [6, 6.07) is 16.2. The first kappa shape index (κ1) is 28.1. The second-order valence-electron chi connectivity index (χ2n) is 7.70. The molecule has 0 radical (unpaired) electrons. The van der Waals surface area contributed by atoms with E-state index in [2.05, 4.69) is 21.2 Å². The van der Waals surface area contributed by atoms with Gasteiger partial charge in [-0.05, 0) is 73.2 Å². The highest BCUT2D eigenvalue weighted by Crippen LogP contribution is 2.38. The summed E-state index contributed by atoms with van der Waals surface area (Å²) in [7, 11) is 0.456. The van der Waals surface area contributed by atoms with Crippen molar-refractivity contribution in [3.05, 3.63) is 70.7 Å². The van der Waals surface area contributed by atoms with Gasteiger partial charge in [0.2, 0.25) is 11.7 Å². The van der Waals surface area contributed by atoms with Crippen molar-refractivity contribution >= 4 is 37.5 Å². The number of carbonyl (C=O) groups excluding carboxylic acids is 1. The van der Waals surface area contributed by atoms with Crippen LogP contribution in [0.2, 0.25) is 0 Å². The minimum absolute atomic E-state index is 0.0574. The molecule has 0 bridgehead atoms. The van der Waals surface area contributed by atoms with E-state index in [0.29, 0.717) is 40.9 Å². The van der Waals surface area contributed by atoms with Crippen LogP contribution in [0.25, 0.3) is 0 Å². The first-order chi connectivity index (χ1) is 17.7. The average Bonchev–Trinajstić information content (AvgIpc) is 2.90. The van der Waals surface area contributed by atoms with Crippen molar-refractivity contribution in [1.82, 2.24) is 5.32 Å².